The van der Waals surface area contributed by atoms with Crippen LogP contribution in [0.4, 0.5) is 4.79 Å². The zero-order valence-corrected chi connectivity index (χ0v) is 14.2. The molecule has 24 heavy (non-hydrogen) atoms. The highest BCUT2D eigenvalue weighted by atomic mass is 32.2. The summed E-state index contributed by atoms with van der Waals surface area (Å²) in [7, 11) is 0. The quantitative estimate of drug-likeness (QED) is 0.672. The first-order valence-electron chi connectivity index (χ1n) is 7.74. The predicted octanol–water partition coefficient (Wildman–Crippen LogP) is 3.59. The first kappa shape index (κ1) is 16.4. The molecule has 0 unspecified atom stereocenters. The molecule has 1 heterocycles. The zero-order valence-electron chi connectivity index (χ0n) is 13.4. The summed E-state index contributed by atoms with van der Waals surface area (Å²) in [5.74, 6) is 0. The Kier molecular flexibility index (Phi) is 5.38. The molecule has 5 nitrogen and oxygen atoms in total. The largest absolute Gasteiger partial charge is 0.356 e. The minimum atomic E-state index is -0.206. The van der Waals surface area contributed by atoms with Crippen molar-refractivity contribution in [3.8, 4) is 0 Å². The number of benzene rings is 2. The number of hydrogen-bond donors (Lipinski definition) is 2. The summed E-state index contributed by atoms with van der Waals surface area (Å²) >= 11 is 1.72. The molecule has 0 bridgehead atoms. The maximum absolute atomic E-state index is 11.9. The molecule has 3 rings (SSSR count). The Balaban J connectivity index is 1.44. The Bertz CT molecular complexity index is 815. The number of fused-ring (bicyclic) bond motifs is 1. The molecule has 0 aliphatic rings. The highest BCUT2D eigenvalue weighted by Gasteiger charge is 2.08. The SMILES string of the molecule is CSc1ccc(CCNC(=O)NCc2noc3ccccc23)cc1. The second-order valence-electron chi connectivity index (χ2n) is 5.33. The Labute approximate surface area is 144 Å². The molecule has 0 spiro atoms. The van der Waals surface area contributed by atoms with Gasteiger partial charge in [-0.15, -0.1) is 11.8 Å². The Morgan fingerprint density at radius 1 is 1.12 bits per heavy atom. The van der Waals surface area contributed by atoms with Crippen LogP contribution in [0.5, 0.6) is 0 Å². The standard InChI is InChI=1S/C18H19N3O2S/c1-24-14-8-6-13(7-9-14)10-11-19-18(22)20-12-16-15-4-2-3-5-17(15)23-21-16/h2-9H,10-12H2,1H3,(H2,19,20,22). The van der Waals surface area contributed by atoms with Gasteiger partial charge in [-0.3, -0.25) is 0 Å². The third kappa shape index (κ3) is 4.08. The normalized spacial score (nSPS) is 10.7. The van der Waals surface area contributed by atoms with Crippen molar-refractivity contribution in [2.45, 2.75) is 17.9 Å². The second-order valence-corrected chi connectivity index (χ2v) is 6.21. The van der Waals surface area contributed by atoms with Crippen LogP contribution < -0.4 is 10.6 Å². The number of urea groups is 1. The maximum Gasteiger partial charge on any atom is 0.315 e. The van der Waals surface area contributed by atoms with Crippen LogP contribution in [-0.2, 0) is 13.0 Å². The average Bonchev–Trinajstić information content (AvgIpc) is 3.04. The molecule has 3 aromatic rings. The molecule has 0 aliphatic carbocycles. The van der Waals surface area contributed by atoms with E-state index in [1.807, 2.05) is 24.3 Å². The maximum atomic E-state index is 11.9. The van der Waals surface area contributed by atoms with Gasteiger partial charge in [-0.25, -0.2) is 4.79 Å². The van der Waals surface area contributed by atoms with Crippen LogP contribution in [0.25, 0.3) is 11.0 Å². The fourth-order valence-electron chi connectivity index (χ4n) is 2.40. The van der Waals surface area contributed by atoms with Gasteiger partial charge >= 0.3 is 6.03 Å². The van der Waals surface area contributed by atoms with Gasteiger partial charge in [0, 0.05) is 16.8 Å². The summed E-state index contributed by atoms with van der Waals surface area (Å²) in [6.07, 6.45) is 2.86. The summed E-state index contributed by atoms with van der Waals surface area (Å²) in [6.45, 7) is 0.926. The van der Waals surface area contributed by atoms with Crippen LogP contribution in [0.3, 0.4) is 0 Å². The molecule has 0 aliphatic heterocycles. The molecule has 0 atom stereocenters. The van der Waals surface area contributed by atoms with Gasteiger partial charge in [-0.2, -0.15) is 0 Å². The first-order chi connectivity index (χ1) is 11.8. The fraction of sp³-hybridized carbons (Fsp3) is 0.222. The summed E-state index contributed by atoms with van der Waals surface area (Å²) in [6, 6.07) is 15.8. The van der Waals surface area contributed by atoms with E-state index in [9.17, 15) is 4.79 Å². The lowest BCUT2D eigenvalue weighted by Crippen LogP contribution is -2.36. The van der Waals surface area contributed by atoms with E-state index in [0.717, 1.165) is 23.1 Å². The molecule has 0 saturated carbocycles. The summed E-state index contributed by atoms with van der Waals surface area (Å²) in [5, 5.41) is 10.6. The van der Waals surface area contributed by atoms with Crippen LogP contribution in [0.1, 0.15) is 11.3 Å². The molecule has 2 N–H and O–H groups in total. The predicted molar refractivity (Wildman–Crippen MR) is 96.2 cm³/mol. The van der Waals surface area contributed by atoms with E-state index in [0.29, 0.717) is 13.1 Å². The van der Waals surface area contributed by atoms with Gasteiger partial charge in [-0.05, 0) is 42.5 Å². The molecule has 2 amide bonds. The number of aromatic nitrogens is 1. The lowest BCUT2D eigenvalue weighted by Gasteiger charge is -2.07. The number of nitrogens with one attached hydrogen (secondary N) is 2. The van der Waals surface area contributed by atoms with Crippen molar-refractivity contribution in [2.75, 3.05) is 12.8 Å². The molecule has 0 radical (unpaired) electrons. The summed E-state index contributed by atoms with van der Waals surface area (Å²) in [4.78, 5) is 13.1. The lowest BCUT2D eigenvalue weighted by atomic mass is 10.1. The van der Waals surface area contributed by atoms with Gasteiger partial charge in [0.2, 0.25) is 0 Å². The van der Waals surface area contributed by atoms with E-state index in [1.165, 1.54) is 10.5 Å². The third-order valence-corrected chi connectivity index (χ3v) is 4.47. The summed E-state index contributed by atoms with van der Waals surface area (Å²) < 4.78 is 5.22. The molecular formula is C18H19N3O2S. The van der Waals surface area contributed by atoms with Crippen molar-refractivity contribution >= 4 is 28.8 Å². The molecule has 2 aromatic carbocycles. The summed E-state index contributed by atoms with van der Waals surface area (Å²) in [5.41, 5.74) is 2.66. The van der Waals surface area contributed by atoms with E-state index < -0.39 is 0 Å². The van der Waals surface area contributed by atoms with Crippen molar-refractivity contribution in [3.05, 3.63) is 59.8 Å². The number of carbonyl (C=O) groups is 1. The topological polar surface area (TPSA) is 67.2 Å². The average molecular weight is 341 g/mol. The lowest BCUT2D eigenvalue weighted by molar-refractivity contribution is 0.240. The molecule has 124 valence electrons. The Morgan fingerprint density at radius 3 is 2.71 bits per heavy atom. The highest BCUT2D eigenvalue weighted by molar-refractivity contribution is 7.98. The minimum Gasteiger partial charge on any atom is -0.356 e. The molecular weight excluding hydrogens is 322 g/mol. The van der Waals surface area contributed by atoms with Gasteiger partial charge in [0.05, 0.1) is 6.54 Å². The van der Waals surface area contributed by atoms with E-state index in [1.54, 1.807) is 11.8 Å². The van der Waals surface area contributed by atoms with Gasteiger partial charge in [0.1, 0.15) is 5.69 Å². The Hall–Kier alpha value is -2.47. The van der Waals surface area contributed by atoms with Crippen LogP contribution in [0, 0.1) is 0 Å². The zero-order chi connectivity index (χ0) is 16.8. The first-order valence-corrected chi connectivity index (χ1v) is 8.96. The molecule has 6 heteroatoms. The third-order valence-electron chi connectivity index (χ3n) is 3.73. The number of nitrogens with zero attached hydrogens (tertiary/aromatic N) is 1. The Morgan fingerprint density at radius 2 is 1.92 bits per heavy atom. The molecule has 0 saturated heterocycles. The van der Waals surface area contributed by atoms with E-state index in [4.69, 9.17) is 4.52 Å². The van der Waals surface area contributed by atoms with Crippen LogP contribution >= 0.6 is 11.8 Å². The monoisotopic (exact) mass is 341 g/mol. The van der Waals surface area contributed by atoms with Crippen molar-refractivity contribution in [2.24, 2.45) is 0 Å². The second kappa shape index (κ2) is 7.88. The van der Waals surface area contributed by atoms with E-state index in [2.05, 4.69) is 46.3 Å². The van der Waals surface area contributed by atoms with Crippen molar-refractivity contribution in [1.82, 2.24) is 15.8 Å². The van der Waals surface area contributed by atoms with E-state index >= 15 is 0 Å². The van der Waals surface area contributed by atoms with Crippen molar-refractivity contribution < 1.29 is 9.32 Å². The van der Waals surface area contributed by atoms with Crippen LogP contribution in [-0.4, -0.2) is 24.0 Å². The number of hydrogen-bond acceptors (Lipinski definition) is 4. The number of para-hydroxylation sites is 1. The van der Waals surface area contributed by atoms with Gasteiger partial charge in [0.25, 0.3) is 0 Å². The van der Waals surface area contributed by atoms with Gasteiger partial charge < -0.3 is 15.2 Å². The molecule has 1 aromatic heterocycles. The van der Waals surface area contributed by atoms with Crippen molar-refractivity contribution in [3.63, 3.8) is 0 Å². The molecule has 0 fully saturated rings. The fourth-order valence-corrected chi connectivity index (χ4v) is 2.81. The smallest absolute Gasteiger partial charge is 0.315 e. The van der Waals surface area contributed by atoms with Gasteiger partial charge in [0.15, 0.2) is 5.58 Å². The van der Waals surface area contributed by atoms with Crippen molar-refractivity contribution in [1.29, 1.82) is 0 Å². The highest BCUT2D eigenvalue weighted by Crippen LogP contribution is 2.17. The van der Waals surface area contributed by atoms with Crippen LogP contribution in [0.2, 0.25) is 0 Å². The van der Waals surface area contributed by atoms with Crippen LogP contribution in [0.15, 0.2) is 57.9 Å². The van der Waals surface area contributed by atoms with E-state index in [-0.39, 0.29) is 6.03 Å². The minimum absolute atomic E-state index is 0.206. The number of rotatable bonds is 6. The number of amides is 2. The number of thioether (sulfide) groups is 1. The van der Waals surface area contributed by atoms with Gasteiger partial charge in [-0.1, -0.05) is 29.4 Å². The number of carbonyl (C=O) groups excluding carboxylic acids is 1.